The standard InChI is InChI=1S/C11H13NOS/c1-4-8-5-9(13-3)6-10-11(8)12-7(2)14-10/h5-6H,4H2,1-3H3. The summed E-state index contributed by atoms with van der Waals surface area (Å²) in [5.41, 5.74) is 2.40. The van der Waals surface area contributed by atoms with Crippen molar-refractivity contribution < 1.29 is 4.74 Å². The minimum Gasteiger partial charge on any atom is -0.497 e. The third kappa shape index (κ3) is 1.48. The molecule has 0 aliphatic heterocycles. The van der Waals surface area contributed by atoms with Crippen LogP contribution < -0.4 is 4.74 Å². The fourth-order valence-corrected chi connectivity index (χ4v) is 2.47. The average Bonchev–Trinajstić information content (AvgIpc) is 2.56. The maximum atomic E-state index is 5.25. The Bertz CT molecular complexity index is 462. The van der Waals surface area contributed by atoms with E-state index >= 15 is 0 Å². The highest BCUT2D eigenvalue weighted by Gasteiger charge is 2.07. The molecule has 0 aliphatic carbocycles. The molecule has 1 aromatic carbocycles. The second-order valence-electron chi connectivity index (χ2n) is 3.22. The Hall–Kier alpha value is -1.09. The maximum Gasteiger partial charge on any atom is 0.120 e. The Morgan fingerprint density at radius 3 is 2.86 bits per heavy atom. The van der Waals surface area contributed by atoms with Gasteiger partial charge in [-0.3, -0.25) is 0 Å². The van der Waals surface area contributed by atoms with Crippen molar-refractivity contribution in [2.45, 2.75) is 20.3 Å². The van der Waals surface area contributed by atoms with Crippen LogP contribution in [0.4, 0.5) is 0 Å². The van der Waals surface area contributed by atoms with E-state index in [2.05, 4.69) is 24.0 Å². The number of rotatable bonds is 2. The molecule has 0 aliphatic rings. The van der Waals surface area contributed by atoms with Crippen LogP contribution in [0, 0.1) is 6.92 Å². The lowest BCUT2D eigenvalue weighted by Gasteiger charge is -2.03. The second-order valence-corrected chi connectivity index (χ2v) is 4.45. The normalized spacial score (nSPS) is 10.8. The van der Waals surface area contributed by atoms with Crippen LogP contribution in [0.25, 0.3) is 10.2 Å². The first-order chi connectivity index (χ1) is 6.74. The van der Waals surface area contributed by atoms with Gasteiger partial charge < -0.3 is 4.74 Å². The first-order valence-corrected chi connectivity index (χ1v) is 5.50. The molecule has 0 bridgehead atoms. The Labute approximate surface area is 87.5 Å². The van der Waals surface area contributed by atoms with Crippen molar-refractivity contribution in [3.8, 4) is 5.75 Å². The molecule has 1 heterocycles. The Morgan fingerprint density at radius 1 is 1.43 bits per heavy atom. The molecule has 0 fully saturated rings. The summed E-state index contributed by atoms with van der Waals surface area (Å²) in [7, 11) is 1.70. The fraction of sp³-hybridized carbons (Fsp3) is 0.364. The maximum absolute atomic E-state index is 5.25. The molecule has 2 rings (SSSR count). The van der Waals surface area contributed by atoms with Gasteiger partial charge in [-0.05, 0) is 31.0 Å². The van der Waals surface area contributed by atoms with E-state index in [1.165, 1.54) is 10.3 Å². The van der Waals surface area contributed by atoms with Gasteiger partial charge in [0, 0.05) is 0 Å². The van der Waals surface area contributed by atoms with Crippen LogP contribution in [-0.4, -0.2) is 12.1 Å². The van der Waals surface area contributed by atoms with Crippen LogP contribution in [-0.2, 0) is 6.42 Å². The molecule has 0 amide bonds. The van der Waals surface area contributed by atoms with E-state index in [-0.39, 0.29) is 0 Å². The Kier molecular flexibility index (Phi) is 2.42. The highest BCUT2D eigenvalue weighted by molar-refractivity contribution is 7.18. The van der Waals surface area contributed by atoms with Crippen molar-refractivity contribution in [1.29, 1.82) is 0 Å². The molecule has 0 spiro atoms. The van der Waals surface area contributed by atoms with Crippen molar-refractivity contribution in [2.24, 2.45) is 0 Å². The molecule has 0 saturated heterocycles. The quantitative estimate of drug-likeness (QED) is 0.754. The molecule has 0 saturated carbocycles. The van der Waals surface area contributed by atoms with Gasteiger partial charge in [-0.2, -0.15) is 0 Å². The summed E-state index contributed by atoms with van der Waals surface area (Å²) < 4.78 is 6.47. The first-order valence-electron chi connectivity index (χ1n) is 4.68. The number of hydrogen-bond donors (Lipinski definition) is 0. The van der Waals surface area contributed by atoms with Crippen LogP contribution in [0.15, 0.2) is 12.1 Å². The minimum atomic E-state index is 0.929. The average molecular weight is 207 g/mol. The topological polar surface area (TPSA) is 22.1 Å². The second kappa shape index (κ2) is 3.58. The zero-order valence-corrected chi connectivity index (χ0v) is 9.44. The molecule has 2 aromatic rings. The smallest absolute Gasteiger partial charge is 0.120 e. The number of ether oxygens (including phenoxy) is 1. The van der Waals surface area contributed by atoms with Gasteiger partial charge in [-0.25, -0.2) is 4.98 Å². The lowest BCUT2D eigenvalue weighted by atomic mass is 10.1. The van der Waals surface area contributed by atoms with Crippen molar-refractivity contribution >= 4 is 21.6 Å². The Balaban J connectivity index is 2.72. The zero-order chi connectivity index (χ0) is 10.1. The summed E-state index contributed by atoms with van der Waals surface area (Å²) in [6, 6.07) is 4.13. The van der Waals surface area contributed by atoms with Gasteiger partial charge in [0.1, 0.15) is 5.75 Å². The molecule has 74 valence electrons. The molecule has 1 aromatic heterocycles. The van der Waals surface area contributed by atoms with Crippen molar-refractivity contribution in [3.63, 3.8) is 0 Å². The van der Waals surface area contributed by atoms with Gasteiger partial charge in [0.2, 0.25) is 0 Å². The van der Waals surface area contributed by atoms with Gasteiger partial charge in [0.25, 0.3) is 0 Å². The van der Waals surface area contributed by atoms with E-state index in [0.29, 0.717) is 0 Å². The summed E-state index contributed by atoms with van der Waals surface area (Å²) in [5, 5.41) is 1.11. The summed E-state index contributed by atoms with van der Waals surface area (Å²) in [4.78, 5) is 4.52. The van der Waals surface area contributed by atoms with E-state index in [9.17, 15) is 0 Å². The molecule has 0 N–H and O–H groups in total. The van der Waals surface area contributed by atoms with Gasteiger partial charge in [0.15, 0.2) is 0 Å². The lowest BCUT2D eigenvalue weighted by molar-refractivity contribution is 0.415. The molecule has 3 heteroatoms. The van der Waals surface area contributed by atoms with Crippen molar-refractivity contribution in [2.75, 3.05) is 7.11 Å². The summed E-state index contributed by atoms with van der Waals surface area (Å²) in [6.07, 6.45) is 0.997. The van der Waals surface area contributed by atoms with Crippen molar-refractivity contribution in [3.05, 3.63) is 22.7 Å². The molecular formula is C11H13NOS. The third-order valence-corrected chi connectivity index (χ3v) is 3.19. The number of methoxy groups -OCH3 is 1. The van der Waals surface area contributed by atoms with Crippen molar-refractivity contribution in [1.82, 2.24) is 4.98 Å². The predicted molar refractivity (Wildman–Crippen MR) is 60.3 cm³/mol. The molecular weight excluding hydrogens is 194 g/mol. The SMILES string of the molecule is CCc1cc(OC)cc2sc(C)nc12. The third-order valence-electron chi connectivity index (χ3n) is 2.27. The lowest BCUT2D eigenvalue weighted by Crippen LogP contribution is -1.87. The van der Waals surface area contributed by atoms with E-state index in [1.54, 1.807) is 18.4 Å². The highest BCUT2D eigenvalue weighted by Crippen LogP contribution is 2.29. The van der Waals surface area contributed by atoms with Gasteiger partial charge >= 0.3 is 0 Å². The van der Waals surface area contributed by atoms with E-state index in [4.69, 9.17) is 4.74 Å². The van der Waals surface area contributed by atoms with Crippen LogP contribution >= 0.6 is 11.3 Å². The van der Waals surface area contributed by atoms with Gasteiger partial charge in [-0.1, -0.05) is 6.92 Å². The number of aryl methyl sites for hydroxylation is 2. The van der Waals surface area contributed by atoms with Crippen LogP contribution in [0.5, 0.6) is 5.75 Å². The molecule has 2 nitrogen and oxygen atoms in total. The molecule has 0 radical (unpaired) electrons. The highest BCUT2D eigenvalue weighted by atomic mass is 32.1. The number of hydrogen-bond acceptors (Lipinski definition) is 3. The van der Waals surface area contributed by atoms with Crippen LogP contribution in [0.1, 0.15) is 17.5 Å². The molecule has 0 unspecified atom stereocenters. The molecule has 14 heavy (non-hydrogen) atoms. The van der Waals surface area contributed by atoms with E-state index < -0.39 is 0 Å². The summed E-state index contributed by atoms with van der Waals surface area (Å²) >= 11 is 1.72. The number of thiazole rings is 1. The molecule has 0 atom stereocenters. The van der Waals surface area contributed by atoms with Gasteiger partial charge in [-0.15, -0.1) is 11.3 Å². The van der Waals surface area contributed by atoms with Gasteiger partial charge in [0.05, 0.1) is 22.3 Å². The zero-order valence-electron chi connectivity index (χ0n) is 8.63. The number of fused-ring (bicyclic) bond motifs is 1. The van der Waals surface area contributed by atoms with E-state index in [0.717, 1.165) is 22.7 Å². The van der Waals surface area contributed by atoms with Crippen LogP contribution in [0.3, 0.4) is 0 Å². The predicted octanol–water partition coefficient (Wildman–Crippen LogP) is 3.18. The summed E-state index contributed by atoms with van der Waals surface area (Å²) in [6.45, 7) is 4.18. The first kappa shape index (κ1) is 9.46. The van der Waals surface area contributed by atoms with E-state index in [1.807, 2.05) is 6.92 Å². The van der Waals surface area contributed by atoms with Crippen LogP contribution in [0.2, 0.25) is 0 Å². The summed E-state index contributed by atoms with van der Waals surface area (Å²) in [5.74, 6) is 0.929. The Morgan fingerprint density at radius 2 is 2.21 bits per heavy atom. The minimum absolute atomic E-state index is 0.929. The number of benzene rings is 1. The number of nitrogens with zero attached hydrogens (tertiary/aromatic N) is 1. The number of aromatic nitrogens is 1. The fourth-order valence-electron chi connectivity index (χ4n) is 1.57. The largest absolute Gasteiger partial charge is 0.497 e. The monoisotopic (exact) mass is 207 g/mol.